The van der Waals surface area contributed by atoms with Crippen molar-refractivity contribution in [3.63, 3.8) is 0 Å². The molecule has 0 aromatic rings. The van der Waals surface area contributed by atoms with Crippen LogP contribution in [0.25, 0.3) is 0 Å². The topological polar surface area (TPSA) is 29.5 Å². The quantitative estimate of drug-likeness (QED) is 0.689. The van der Waals surface area contributed by atoms with Gasteiger partial charge in [-0.15, -0.1) is 23.2 Å². The molecular weight excluding hydrogens is 261 g/mol. The summed E-state index contributed by atoms with van der Waals surface area (Å²) in [6.07, 6.45) is 5.37. The van der Waals surface area contributed by atoms with Gasteiger partial charge in [-0.3, -0.25) is 4.79 Å². The fourth-order valence-corrected chi connectivity index (χ4v) is 3.55. The second-order valence-electron chi connectivity index (χ2n) is 5.31. The van der Waals surface area contributed by atoms with Crippen LogP contribution in [0, 0.1) is 5.92 Å². The van der Waals surface area contributed by atoms with Crippen LogP contribution in [-0.4, -0.2) is 40.4 Å². The maximum Gasteiger partial charge on any atom is 0.229 e. The van der Waals surface area contributed by atoms with E-state index < -0.39 is 4.33 Å². The highest BCUT2D eigenvalue weighted by Gasteiger charge is 2.58. The van der Waals surface area contributed by atoms with Crippen LogP contribution >= 0.6 is 23.2 Å². The van der Waals surface area contributed by atoms with Gasteiger partial charge in [0.25, 0.3) is 0 Å². The van der Waals surface area contributed by atoms with E-state index >= 15 is 0 Å². The number of ether oxygens (including phenoxy) is 1. The van der Waals surface area contributed by atoms with Crippen molar-refractivity contribution in [1.29, 1.82) is 0 Å². The van der Waals surface area contributed by atoms with E-state index in [0.717, 1.165) is 12.8 Å². The van der Waals surface area contributed by atoms with Gasteiger partial charge in [0.1, 0.15) is 4.33 Å². The van der Waals surface area contributed by atoms with Crippen molar-refractivity contribution in [1.82, 2.24) is 4.90 Å². The summed E-state index contributed by atoms with van der Waals surface area (Å²) in [6, 6.07) is 0.259. The van der Waals surface area contributed by atoms with Crippen LogP contribution < -0.4 is 0 Å². The lowest BCUT2D eigenvalue weighted by molar-refractivity contribution is -0.150. The van der Waals surface area contributed by atoms with E-state index in [9.17, 15) is 4.79 Å². The molecule has 3 nitrogen and oxygen atoms in total. The maximum absolute atomic E-state index is 12.3. The molecule has 1 amide bonds. The Hall–Kier alpha value is 0.01000. The Morgan fingerprint density at radius 1 is 1.29 bits per heavy atom. The Kier molecular flexibility index (Phi) is 3.04. The lowest BCUT2D eigenvalue weighted by atomic mass is 9.90. The number of hydrogen-bond donors (Lipinski definition) is 0. The molecule has 1 saturated heterocycles. The molecule has 17 heavy (non-hydrogen) atoms. The second kappa shape index (κ2) is 4.29. The summed E-state index contributed by atoms with van der Waals surface area (Å²) in [7, 11) is 0. The summed E-state index contributed by atoms with van der Waals surface area (Å²) in [4.78, 5) is 14.3. The van der Waals surface area contributed by atoms with Crippen molar-refractivity contribution in [2.75, 3.05) is 13.2 Å². The zero-order chi connectivity index (χ0) is 12.0. The van der Waals surface area contributed by atoms with Gasteiger partial charge in [-0.2, -0.15) is 0 Å². The average molecular weight is 278 g/mol. The first kappa shape index (κ1) is 12.1. The van der Waals surface area contributed by atoms with E-state index in [1.165, 1.54) is 12.8 Å². The van der Waals surface area contributed by atoms with E-state index in [0.29, 0.717) is 19.6 Å². The fraction of sp³-hybridized carbons (Fsp3) is 0.917. The van der Waals surface area contributed by atoms with Crippen molar-refractivity contribution in [3.8, 4) is 0 Å². The van der Waals surface area contributed by atoms with Gasteiger partial charge in [-0.05, 0) is 19.3 Å². The van der Waals surface area contributed by atoms with E-state index in [-0.39, 0.29) is 24.0 Å². The highest BCUT2D eigenvalue weighted by atomic mass is 35.5. The molecule has 96 valence electrons. The number of alkyl halides is 2. The zero-order valence-corrected chi connectivity index (χ0v) is 11.2. The van der Waals surface area contributed by atoms with Gasteiger partial charge >= 0.3 is 0 Å². The third-order valence-electron chi connectivity index (χ3n) is 4.14. The Morgan fingerprint density at radius 2 is 2.00 bits per heavy atom. The molecule has 0 spiro atoms. The molecule has 0 aromatic carbocycles. The summed E-state index contributed by atoms with van der Waals surface area (Å²) >= 11 is 12.0. The summed E-state index contributed by atoms with van der Waals surface area (Å²) in [5.74, 6) is -0.0540. The average Bonchev–Trinajstić information content (AvgIpc) is 2.97. The molecule has 0 aromatic heterocycles. The molecule has 0 N–H and O–H groups in total. The smallest absolute Gasteiger partial charge is 0.229 e. The van der Waals surface area contributed by atoms with E-state index in [2.05, 4.69) is 0 Å². The number of carbonyl (C=O) groups is 1. The molecule has 5 heteroatoms. The minimum absolute atomic E-state index is 0.134. The second-order valence-corrected chi connectivity index (χ2v) is 6.85. The number of fused-ring (bicyclic) bond motifs is 1. The maximum atomic E-state index is 12.3. The molecule has 0 bridgehead atoms. The van der Waals surface area contributed by atoms with Crippen LogP contribution in [-0.2, 0) is 9.53 Å². The van der Waals surface area contributed by atoms with Gasteiger partial charge in [0.15, 0.2) is 0 Å². The van der Waals surface area contributed by atoms with Crippen LogP contribution in [0.2, 0.25) is 0 Å². The normalized spacial score (nSPS) is 39.6. The van der Waals surface area contributed by atoms with Crippen molar-refractivity contribution < 1.29 is 9.53 Å². The van der Waals surface area contributed by atoms with Crippen LogP contribution in [0.15, 0.2) is 0 Å². The summed E-state index contributed by atoms with van der Waals surface area (Å²) in [5, 5.41) is 0. The van der Waals surface area contributed by atoms with Crippen molar-refractivity contribution in [2.45, 2.75) is 48.6 Å². The van der Waals surface area contributed by atoms with Gasteiger partial charge in [-0.1, -0.05) is 12.8 Å². The number of rotatable bonds is 1. The Morgan fingerprint density at radius 3 is 2.71 bits per heavy atom. The Labute approximate surface area is 111 Å². The summed E-state index contributed by atoms with van der Waals surface area (Å²) in [6.45, 7) is 1.34. The van der Waals surface area contributed by atoms with Crippen LogP contribution in [0.4, 0.5) is 0 Å². The van der Waals surface area contributed by atoms with E-state index in [4.69, 9.17) is 27.9 Å². The highest BCUT2D eigenvalue weighted by molar-refractivity contribution is 6.52. The summed E-state index contributed by atoms with van der Waals surface area (Å²) in [5.41, 5.74) is 0. The third-order valence-corrected chi connectivity index (χ3v) is 4.97. The van der Waals surface area contributed by atoms with Crippen molar-refractivity contribution in [3.05, 3.63) is 0 Å². The number of halogens is 2. The molecule has 3 fully saturated rings. The summed E-state index contributed by atoms with van der Waals surface area (Å²) < 4.78 is 4.95. The third kappa shape index (κ3) is 2.18. The molecule has 2 aliphatic carbocycles. The number of nitrogens with zero attached hydrogens (tertiary/aromatic N) is 1. The fourth-order valence-electron chi connectivity index (χ4n) is 3.05. The predicted octanol–water partition coefficient (Wildman–Crippen LogP) is 2.35. The number of carbonyl (C=O) groups excluding carboxylic acids is 1. The highest BCUT2D eigenvalue weighted by Crippen LogP contribution is 2.54. The molecule has 3 unspecified atom stereocenters. The standard InChI is InChI=1S/C12H17Cl2NO2/c13-12(14)7-8(12)11(16)15-5-6-17-10-4-2-1-3-9(10)15/h8-10H,1-7H2. The molecule has 3 aliphatic rings. The Bertz CT molecular complexity index is 332. The molecule has 2 saturated carbocycles. The van der Waals surface area contributed by atoms with Gasteiger partial charge in [0.05, 0.1) is 24.7 Å². The molecule has 3 rings (SSSR count). The van der Waals surface area contributed by atoms with Gasteiger partial charge in [0, 0.05) is 6.54 Å². The van der Waals surface area contributed by atoms with Crippen LogP contribution in [0.3, 0.4) is 0 Å². The first-order valence-electron chi connectivity index (χ1n) is 6.39. The Balaban J connectivity index is 1.71. The predicted molar refractivity (Wildman–Crippen MR) is 66.3 cm³/mol. The van der Waals surface area contributed by atoms with Crippen LogP contribution in [0.5, 0.6) is 0 Å². The first-order chi connectivity index (χ1) is 8.09. The van der Waals surface area contributed by atoms with E-state index in [1.54, 1.807) is 0 Å². The largest absolute Gasteiger partial charge is 0.374 e. The number of hydrogen-bond acceptors (Lipinski definition) is 2. The van der Waals surface area contributed by atoms with Gasteiger partial charge in [0.2, 0.25) is 5.91 Å². The molecule has 0 radical (unpaired) electrons. The molecular formula is C12H17Cl2NO2. The lowest BCUT2D eigenvalue weighted by Crippen LogP contribution is -2.55. The van der Waals surface area contributed by atoms with Gasteiger partial charge < -0.3 is 9.64 Å². The minimum atomic E-state index is -0.806. The van der Waals surface area contributed by atoms with E-state index in [1.807, 2.05) is 4.90 Å². The van der Waals surface area contributed by atoms with Crippen molar-refractivity contribution in [2.24, 2.45) is 5.92 Å². The molecule has 3 atom stereocenters. The monoisotopic (exact) mass is 277 g/mol. The lowest BCUT2D eigenvalue weighted by Gasteiger charge is -2.44. The molecule has 1 heterocycles. The SMILES string of the molecule is O=C(C1CC1(Cl)Cl)N1CCOC2CCCCC21. The zero-order valence-electron chi connectivity index (χ0n) is 9.70. The van der Waals surface area contributed by atoms with Crippen molar-refractivity contribution >= 4 is 29.1 Å². The van der Waals surface area contributed by atoms with Crippen LogP contribution in [0.1, 0.15) is 32.1 Å². The minimum Gasteiger partial charge on any atom is -0.374 e. The number of morpholine rings is 1. The number of amides is 1. The van der Waals surface area contributed by atoms with Gasteiger partial charge in [-0.25, -0.2) is 0 Å². The first-order valence-corrected chi connectivity index (χ1v) is 7.15. The molecule has 1 aliphatic heterocycles.